The maximum Gasteiger partial charge on any atom is 0.205 e. The number of nitrogens with zero attached hydrogens (tertiary/aromatic N) is 2. The van der Waals surface area contributed by atoms with E-state index in [0.29, 0.717) is 16.1 Å². The third-order valence-electron chi connectivity index (χ3n) is 3.32. The van der Waals surface area contributed by atoms with E-state index in [1.54, 1.807) is 10.6 Å². The van der Waals surface area contributed by atoms with Gasteiger partial charge < -0.3 is 5.73 Å². The smallest absolute Gasteiger partial charge is 0.205 e. The molecule has 2 N–H and O–H groups in total. The van der Waals surface area contributed by atoms with Crippen molar-refractivity contribution in [1.29, 1.82) is 0 Å². The SMILES string of the molecule is Cc1ccc2c(c1)nc(N)n2-c1cc(F)c(Br)cc1C. The van der Waals surface area contributed by atoms with Gasteiger partial charge in [0, 0.05) is 0 Å². The Bertz CT molecular complexity index is 824. The summed E-state index contributed by atoms with van der Waals surface area (Å²) < 4.78 is 16.0. The van der Waals surface area contributed by atoms with E-state index in [1.807, 2.05) is 32.0 Å². The summed E-state index contributed by atoms with van der Waals surface area (Å²) in [6.07, 6.45) is 0. The molecule has 0 aliphatic carbocycles. The molecule has 0 fully saturated rings. The molecule has 1 aromatic heterocycles. The summed E-state index contributed by atoms with van der Waals surface area (Å²) in [5.41, 5.74) is 10.4. The van der Waals surface area contributed by atoms with Crippen molar-refractivity contribution in [1.82, 2.24) is 9.55 Å². The number of aryl methyl sites for hydroxylation is 2. The first-order valence-electron chi connectivity index (χ1n) is 6.18. The normalized spacial score (nSPS) is 11.2. The molecule has 0 saturated heterocycles. The van der Waals surface area contributed by atoms with E-state index in [2.05, 4.69) is 20.9 Å². The Morgan fingerprint density at radius 1 is 1.20 bits per heavy atom. The van der Waals surface area contributed by atoms with Gasteiger partial charge in [0.05, 0.1) is 21.2 Å². The second-order valence-corrected chi connectivity index (χ2v) is 5.70. The number of hydrogen-bond acceptors (Lipinski definition) is 2. The van der Waals surface area contributed by atoms with Crippen LogP contribution in [0.15, 0.2) is 34.8 Å². The van der Waals surface area contributed by atoms with Crippen LogP contribution in [0, 0.1) is 19.7 Å². The monoisotopic (exact) mass is 333 g/mol. The highest BCUT2D eigenvalue weighted by Gasteiger charge is 2.14. The standard InChI is InChI=1S/C15H13BrFN3/c1-8-3-4-13-12(5-8)19-15(18)20(13)14-7-11(17)10(16)6-9(14)2/h3-7H,1-2H3,(H2,18,19). The van der Waals surface area contributed by atoms with Gasteiger partial charge in [-0.2, -0.15) is 0 Å². The number of imidazole rings is 1. The van der Waals surface area contributed by atoms with E-state index in [1.165, 1.54) is 6.07 Å². The van der Waals surface area contributed by atoms with Gasteiger partial charge in [0.25, 0.3) is 0 Å². The van der Waals surface area contributed by atoms with Crippen molar-refractivity contribution in [3.05, 3.63) is 51.7 Å². The average Bonchev–Trinajstić information content (AvgIpc) is 2.69. The number of hydrogen-bond donors (Lipinski definition) is 1. The van der Waals surface area contributed by atoms with E-state index < -0.39 is 0 Å². The summed E-state index contributed by atoms with van der Waals surface area (Å²) in [6, 6.07) is 9.12. The molecular weight excluding hydrogens is 321 g/mol. The summed E-state index contributed by atoms with van der Waals surface area (Å²) in [4.78, 5) is 4.35. The molecule has 102 valence electrons. The molecule has 1 heterocycles. The Labute approximate surface area is 124 Å². The van der Waals surface area contributed by atoms with Crippen LogP contribution in [0.5, 0.6) is 0 Å². The number of nitrogens with two attached hydrogens (primary N) is 1. The van der Waals surface area contributed by atoms with Crippen molar-refractivity contribution in [2.75, 3.05) is 5.73 Å². The van der Waals surface area contributed by atoms with Gasteiger partial charge in [0.2, 0.25) is 5.95 Å². The summed E-state index contributed by atoms with van der Waals surface area (Å²) in [7, 11) is 0. The minimum Gasteiger partial charge on any atom is -0.369 e. The summed E-state index contributed by atoms with van der Waals surface area (Å²) >= 11 is 3.19. The lowest BCUT2D eigenvalue weighted by Gasteiger charge is -2.11. The lowest BCUT2D eigenvalue weighted by atomic mass is 10.1. The van der Waals surface area contributed by atoms with E-state index in [9.17, 15) is 4.39 Å². The quantitative estimate of drug-likeness (QED) is 0.727. The zero-order valence-electron chi connectivity index (χ0n) is 11.1. The summed E-state index contributed by atoms with van der Waals surface area (Å²) in [5, 5.41) is 0. The minimum atomic E-state index is -0.320. The zero-order chi connectivity index (χ0) is 14.4. The van der Waals surface area contributed by atoms with Crippen LogP contribution in [0.4, 0.5) is 10.3 Å². The van der Waals surface area contributed by atoms with Gasteiger partial charge in [0.1, 0.15) is 5.82 Å². The van der Waals surface area contributed by atoms with Crippen LogP contribution >= 0.6 is 15.9 Å². The van der Waals surface area contributed by atoms with E-state index in [4.69, 9.17) is 5.73 Å². The molecule has 0 bridgehead atoms. The van der Waals surface area contributed by atoms with Gasteiger partial charge in [-0.25, -0.2) is 9.37 Å². The fourth-order valence-corrected chi connectivity index (χ4v) is 2.80. The summed E-state index contributed by atoms with van der Waals surface area (Å²) in [6.45, 7) is 3.91. The van der Waals surface area contributed by atoms with Gasteiger partial charge in [-0.15, -0.1) is 0 Å². The number of halogens is 2. The first-order valence-corrected chi connectivity index (χ1v) is 6.97. The topological polar surface area (TPSA) is 43.8 Å². The number of nitrogen functional groups attached to an aromatic ring is 1. The third kappa shape index (κ3) is 1.98. The highest BCUT2D eigenvalue weighted by atomic mass is 79.9. The molecule has 20 heavy (non-hydrogen) atoms. The number of anilines is 1. The molecule has 5 heteroatoms. The van der Waals surface area contributed by atoms with Crippen LogP contribution in [0.1, 0.15) is 11.1 Å². The van der Waals surface area contributed by atoms with Crippen LogP contribution in [-0.4, -0.2) is 9.55 Å². The van der Waals surface area contributed by atoms with Crippen molar-refractivity contribution in [3.63, 3.8) is 0 Å². The third-order valence-corrected chi connectivity index (χ3v) is 3.92. The Balaban J connectivity index is 2.35. The molecule has 0 atom stereocenters. The first-order chi connectivity index (χ1) is 9.47. The Morgan fingerprint density at radius 3 is 2.70 bits per heavy atom. The zero-order valence-corrected chi connectivity index (χ0v) is 12.7. The average molecular weight is 334 g/mol. The van der Waals surface area contributed by atoms with Crippen molar-refractivity contribution < 1.29 is 4.39 Å². The molecule has 0 amide bonds. The first kappa shape index (κ1) is 13.1. The lowest BCUT2D eigenvalue weighted by Crippen LogP contribution is -2.03. The van der Waals surface area contributed by atoms with Crippen molar-refractivity contribution >= 4 is 32.9 Å². The lowest BCUT2D eigenvalue weighted by molar-refractivity contribution is 0.619. The molecule has 0 unspecified atom stereocenters. The Kier molecular flexibility index (Phi) is 3.01. The van der Waals surface area contributed by atoms with Gasteiger partial charge >= 0.3 is 0 Å². The molecule has 3 rings (SSSR count). The Morgan fingerprint density at radius 2 is 1.95 bits per heavy atom. The van der Waals surface area contributed by atoms with Gasteiger partial charge in [-0.05, 0) is 65.2 Å². The summed E-state index contributed by atoms with van der Waals surface area (Å²) in [5.74, 6) is 0.0365. The molecule has 0 spiro atoms. The molecule has 2 aromatic carbocycles. The van der Waals surface area contributed by atoms with Crippen molar-refractivity contribution in [2.24, 2.45) is 0 Å². The fraction of sp³-hybridized carbons (Fsp3) is 0.133. The number of benzene rings is 2. The molecule has 0 aliphatic rings. The predicted molar refractivity (Wildman–Crippen MR) is 82.6 cm³/mol. The maximum absolute atomic E-state index is 13.8. The van der Waals surface area contributed by atoms with E-state index in [-0.39, 0.29) is 5.82 Å². The fourth-order valence-electron chi connectivity index (χ4n) is 2.34. The molecule has 0 aliphatic heterocycles. The highest BCUT2D eigenvalue weighted by molar-refractivity contribution is 9.10. The van der Waals surface area contributed by atoms with Crippen molar-refractivity contribution in [3.8, 4) is 5.69 Å². The molecule has 0 radical (unpaired) electrons. The van der Waals surface area contributed by atoms with Gasteiger partial charge in [0.15, 0.2) is 0 Å². The second-order valence-electron chi connectivity index (χ2n) is 4.85. The second kappa shape index (κ2) is 4.59. The number of fused-ring (bicyclic) bond motifs is 1. The predicted octanol–water partition coefficient (Wildman–Crippen LogP) is 4.13. The molecule has 3 nitrogen and oxygen atoms in total. The van der Waals surface area contributed by atoms with Crippen molar-refractivity contribution in [2.45, 2.75) is 13.8 Å². The largest absolute Gasteiger partial charge is 0.369 e. The van der Waals surface area contributed by atoms with E-state index in [0.717, 1.165) is 22.2 Å². The number of rotatable bonds is 1. The van der Waals surface area contributed by atoms with Crippen LogP contribution in [0.25, 0.3) is 16.7 Å². The molecule has 0 saturated carbocycles. The van der Waals surface area contributed by atoms with E-state index >= 15 is 0 Å². The maximum atomic E-state index is 13.8. The van der Waals surface area contributed by atoms with Crippen LogP contribution in [-0.2, 0) is 0 Å². The Hall–Kier alpha value is -1.88. The number of aromatic nitrogens is 2. The minimum absolute atomic E-state index is 0.320. The van der Waals surface area contributed by atoms with Gasteiger partial charge in [-0.3, -0.25) is 4.57 Å². The highest BCUT2D eigenvalue weighted by Crippen LogP contribution is 2.29. The van der Waals surface area contributed by atoms with Crippen LogP contribution in [0.2, 0.25) is 0 Å². The molecular formula is C15H13BrFN3. The van der Waals surface area contributed by atoms with Crippen LogP contribution < -0.4 is 5.73 Å². The molecule has 3 aromatic rings. The van der Waals surface area contributed by atoms with Gasteiger partial charge in [-0.1, -0.05) is 6.07 Å². The van der Waals surface area contributed by atoms with Crippen LogP contribution in [0.3, 0.4) is 0 Å².